The third-order valence-electron chi connectivity index (χ3n) is 2.61. The number of ether oxygens (including phenoxy) is 1. The summed E-state index contributed by atoms with van der Waals surface area (Å²) in [5.41, 5.74) is 9.23. The molecular weight excluding hydrogens is 336 g/mol. The van der Waals surface area contributed by atoms with Crippen molar-refractivity contribution in [2.24, 2.45) is 5.10 Å². The molecule has 0 bridgehead atoms. The molecule has 0 saturated heterocycles. The van der Waals surface area contributed by atoms with E-state index < -0.39 is 0 Å². The van der Waals surface area contributed by atoms with Crippen LogP contribution in [0.1, 0.15) is 5.56 Å². The molecule has 3 rings (SSSR count). The number of anilines is 2. The van der Waals surface area contributed by atoms with Gasteiger partial charge in [0.05, 0.1) is 6.21 Å². The number of aromatic nitrogens is 3. The summed E-state index contributed by atoms with van der Waals surface area (Å²) in [7, 11) is 0. The number of halogens is 1. The van der Waals surface area contributed by atoms with E-state index in [4.69, 9.17) is 22.1 Å². The monoisotopic (exact) mass is 346 g/mol. The van der Waals surface area contributed by atoms with Gasteiger partial charge in [-0.25, -0.2) is 4.98 Å². The van der Waals surface area contributed by atoms with E-state index in [1.807, 2.05) is 12.1 Å². The van der Waals surface area contributed by atoms with E-state index >= 15 is 0 Å². The van der Waals surface area contributed by atoms with Crippen LogP contribution in [0.5, 0.6) is 11.6 Å². The standard InChI is InChI=1S/C14H11ClN6OS/c15-11-5-6-13(20-19-11)22-10-3-1-9(2-4-10)7-17-21-14-18-12(16)8-23-14/h1-8H,16H2,(H,18,21). The second-order valence-corrected chi connectivity index (χ2v) is 5.56. The van der Waals surface area contributed by atoms with Crippen LogP contribution in [-0.4, -0.2) is 21.4 Å². The molecular formula is C14H11ClN6OS. The van der Waals surface area contributed by atoms with E-state index in [0.717, 1.165) is 5.56 Å². The number of hydrogen-bond acceptors (Lipinski definition) is 8. The van der Waals surface area contributed by atoms with Crippen molar-refractivity contribution in [3.05, 3.63) is 52.5 Å². The molecule has 0 fully saturated rings. The van der Waals surface area contributed by atoms with Crippen molar-refractivity contribution in [3.63, 3.8) is 0 Å². The first-order valence-corrected chi connectivity index (χ1v) is 7.72. The minimum atomic E-state index is 0.318. The predicted molar refractivity (Wildman–Crippen MR) is 91.3 cm³/mol. The number of benzene rings is 1. The second-order valence-electron chi connectivity index (χ2n) is 4.31. The summed E-state index contributed by atoms with van der Waals surface area (Å²) in [6.45, 7) is 0. The maximum atomic E-state index is 5.67. The van der Waals surface area contributed by atoms with Crippen molar-refractivity contribution >= 4 is 40.1 Å². The zero-order valence-corrected chi connectivity index (χ0v) is 13.3. The molecule has 2 heterocycles. The first-order chi connectivity index (χ1) is 11.2. The summed E-state index contributed by atoms with van der Waals surface area (Å²) in [5, 5.41) is 14.3. The Morgan fingerprint density at radius 1 is 1.17 bits per heavy atom. The van der Waals surface area contributed by atoms with Gasteiger partial charge in [0, 0.05) is 11.4 Å². The lowest BCUT2D eigenvalue weighted by Crippen LogP contribution is -1.92. The molecule has 1 aromatic carbocycles. The highest BCUT2D eigenvalue weighted by Crippen LogP contribution is 2.20. The van der Waals surface area contributed by atoms with Crippen molar-refractivity contribution in [1.82, 2.24) is 15.2 Å². The zero-order valence-electron chi connectivity index (χ0n) is 11.7. The molecule has 7 nitrogen and oxygen atoms in total. The summed E-state index contributed by atoms with van der Waals surface area (Å²) in [6.07, 6.45) is 1.67. The first kappa shape index (κ1) is 15.2. The van der Waals surface area contributed by atoms with Gasteiger partial charge in [-0.3, -0.25) is 5.43 Å². The van der Waals surface area contributed by atoms with Crippen molar-refractivity contribution in [2.45, 2.75) is 0 Å². The number of hydrogen-bond donors (Lipinski definition) is 2. The quantitative estimate of drug-likeness (QED) is 0.542. The highest BCUT2D eigenvalue weighted by Gasteiger charge is 2.00. The molecule has 9 heteroatoms. The summed E-state index contributed by atoms with van der Waals surface area (Å²) in [5.74, 6) is 1.48. The fourth-order valence-corrected chi connectivity index (χ4v) is 2.25. The lowest BCUT2D eigenvalue weighted by Gasteiger charge is -2.03. The molecule has 0 saturated carbocycles. The third-order valence-corrected chi connectivity index (χ3v) is 3.57. The number of nitrogens with one attached hydrogen (secondary N) is 1. The van der Waals surface area contributed by atoms with Crippen LogP contribution in [0, 0.1) is 0 Å². The van der Waals surface area contributed by atoms with Crippen molar-refractivity contribution in [1.29, 1.82) is 0 Å². The molecule has 116 valence electrons. The molecule has 23 heavy (non-hydrogen) atoms. The minimum Gasteiger partial charge on any atom is -0.438 e. The SMILES string of the molecule is Nc1csc(NN=Cc2ccc(Oc3ccc(Cl)nn3)cc2)n1. The molecule has 0 spiro atoms. The molecule has 0 aliphatic rings. The van der Waals surface area contributed by atoms with Crippen LogP contribution in [0.15, 0.2) is 46.9 Å². The summed E-state index contributed by atoms with van der Waals surface area (Å²) in [6, 6.07) is 10.6. The number of nitrogens with two attached hydrogens (primary N) is 1. The Morgan fingerprint density at radius 3 is 2.65 bits per heavy atom. The average Bonchev–Trinajstić information content (AvgIpc) is 2.97. The van der Waals surface area contributed by atoms with Crippen LogP contribution in [0.25, 0.3) is 0 Å². The smallest absolute Gasteiger partial charge is 0.238 e. The van der Waals surface area contributed by atoms with Crippen LogP contribution in [0.2, 0.25) is 5.15 Å². The highest BCUT2D eigenvalue weighted by molar-refractivity contribution is 7.14. The van der Waals surface area contributed by atoms with Crippen LogP contribution in [0.4, 0.5) is 10.9 Å². The van der Waals surface area contributed by atoms with E-state index in [1.54, 1.807) is 35.9 Å². The molecule has 2 aromatic heterocycles. The summed E-state index contributed by atoms with van der Waals surface area (Å²) < 4.78 is 5.55. The Bertz CT molecular complexity index is 803. The molecule has 0 atom stereocenters. The largest absolute Gasteiger partial charge is 0.438 e. The Labute approximate surface area is 140 Å². The van der Waals surface area contributed by atoms with E-state index in [0.29, 0.717) is 27.7 Å². The van der Waals surface area contributed by atoms with Crippen molar-refractivity contribution in [3.8, 4) is 11.6 Å². The van der Waals surface area contributed by atoms with Gasteiger partial charge in [-0.2, -0.15) is 5.10 Å². The molecule has 0 radical (unpaired) electrons. The Hall–Kier alpha value is -2.71. The predicted octanol–water partition coefficient (Wildman–Crippen LogP) is 3.41. The molecule has 3 aromatic rings. The Kier molecular flexibility index (Phi) is 4.65. The highest BCUT2D eigenvalue weighted by atomic mass is 35.5. The fraction of sp³-hybridized carbons (Fsp3) is 0. The normalized spacial score (nSPS) is 10.8. The van der Waals surface area contributed by atoms with Gasteiger partial charge in [-0.05, 0) is 35.9 Å². The van der Waals surface area contributed by atoms with E-state index in [-0.39, 0.29) is 0 Å². The van der Waals surface area contributed by atoms with Gasteiger partial charge in [0.1, 0.15) is 11.6 Å². The average molecular weight is 347 g/mol. The van der Waals surface area contributed by atoms with Crippen LogP contribution in [0.3, 0.4) is 0 Å². The third kappa shape index (κ3) is 4.38. The zero-order chi connectivity index (χ0) is 16.1. The molecule has 0 aliphatic heterocycles. The number of hydrazone groups is 1. The topological polar surface area (TPSA) is 98.3 Å². The maximum Gasteiger partial charge on any atom is 0.238 e. The number of rotatable bonds is 5. The van der Waals surface area contributed by atoms with Gasteiger partial charge in [0.25, 0.3) is 0 Å². The number of thiazole rings is 1. The first-order valence-electron chi connectivity index (χ1n) is 6.46. The van der Waals surface area contributed by atoms with Crippen LogP contribution < -0.4 is 15.9 Å². The van der Waals surface area contributed by atoms with Gasteiger partial charge in [-0.15, -0.1) is 21.5 Å². The molecule has 0 aliphatic carbocycles. The van der Waals surface area contributed by atoms with Gasteiger partial charge >= 0.3 is 0 Å². The van der Waals surface area contributed by atoms with Gasteiger partial charge in [0.2, 0.25) is 11.0 Å². The van der Waals surface area contributed by atoms with Gasteiger partial charge < -0.3 is 10.5 Å². The number of nitrogens with zero attached hydrogens (tertiary/aromatic N) is 4. The minimum absolute atomic E-state index is 0.318. The van der Waals surface area contributed by atoms with E-state index in [9.17, 15) is 0 Å². The van der Waals surface area contributed by atoms with Crippen molar-refractivity contribution < 1.29 is 4.74 Å². The van der Waals surface area contributed by atoms with Crippen LogP contribution >= 0.6 is 22.9 Å². The number of nitrogen functional groups attached to an aromatic ring is 1. The maximum absolute atomic E-state index is 5.67. The summed E-state index contributed by atoms with van der Waals surface area (Å²) in [4.78, 5) is 4.04. The van der Waals surface area contributed by atoms with Gasteiger partial charge in [-0.1, -0.05) is 11.6 Å². The molecule has 3 N–H and O–H groups in total. The van der Waals surface area contributed by atoms with E-state index in [1.165, 1.54) is 11.3 Å². The Morgan fingerprint density at radius 2 is 2.00 bits per heavy atom. The fourth-order valence-electron chi connectivity index (χ4n) is 1.60. The van der Waals surface area contributed by atoms with Crippen molar-refractivity contribution in [2.75, 3.05) is 11.2 Å². The molecule has 0 amide bonds. The van der Waals surface area contributed by atoms with Gasteiger partial charge in [0.15, 0.2) is 5.15 Å². The second kappa shape index (κ2) is 7.03. The lowest BCUT2D eigenvalue weighted by molar-refractivity contribution is 0.455. The lowest BCUT2D eigenvalue weighted by atomic mass is 10.2. The van der Waals surface area contributed by atoms with Crippen LogP contribution in [-0.2, 0) is 0 Å². The molecule has 0 unspecified atom stereocenters. The summed E-state index contributed by atoms with van der Waals surface area (Å²) >= 11 is 7.06. The Balaban J connectivity index is 1.59. The van der Waals surface area contributed by atoms with E-state index in [2.05, 4.69) is 25.7 Å².